The molecule has 4 rings (SSSR count). The van der Waals surface area contributed by atoms with Crippen LogP contribution in [-0.4, -0.2) is 38.7 Å². The Balaban J connectivity index is 1.40. The number of hydrogen-bond donors (Lipinski definition) is 1. The molecule has 11 heteroatoms. The van der Waals surface area contributed by atoms with E-state index in [-0.39, 0.29) is 18.3 Å². The first kappa shape index (κ1) is 22.1. The van der Waals surface area contributed by atoms with E-state index < -0.39 is 17.7 Å². The minimum Gasteiger partial charge on any atom is -0.355 e. The normalized spacial score (nSPS) is 16.8. The number of aromatic nitrogens is 4. The first-order chi connectivity index (χ1) is 15.3. The highest BCUT2D eigenvalue weighted by molar-refractivity contribution is 7.99. The van der Waals surface area contributed by atoms with Crippen LogP contribution in [0.1, 0.15) is 18.4 Å². The summed E-state index contributed by atoms with van der Waals surface area (Å²) in [6, 6.07) is 9.60. The van der Waals surface area contributed by atoms with Gasteiger partial charge in [-0.1, -0.05) is 0 Å². The topological polar surface area (TPSA) is 75.9 Å². The number of amides is 1. The number of nitrogens with one attached hydrogen (secondary N) is 1. The number of hydrogen-bond acceptors (Lipinski definition) is 6. The van der Waals surface area contributed by atoms with Crippen LogP contribution in [0.25, 0.3) is 0 Å². The van der Waals surface area contributed by atoms with Gasteiger partial charge in [-0.25, -0.2) is 4.98 Å². The van der Waals surface area contributed by atoms with Crippen molar-refractivity contribution in [2.45, 2.75) is 29.1 Å². The highest BCUT2D eigenvalue weighted by Gasteiger charge is 2.37. The van der Waals surface area contributed by atoms with Crippen molar-refractivity contribution in [2.75, 3.05) is 23.3 Å². The average molecular weight is 463 g/mol. The van der Waals surface area contributed by atoms with E-state index in [1.165, 1.54) is 24.0 Å². The molecule has 0 aliphatic carbocycles. The molecule has 0 bridgehead atoms. The quantitative estimate of drug-likeness (QED) is 0.612. The Morgan fingerprint density at radius 3 is 2.69 bits per heavy atom. The number of benzene rings is 1. The highest BCUT2D eigenvalue weighted by atomic mass is 32.2. The number of rotatable bonds is 5. The van der Waals surface area contributed by atoms with E-state index in [0.29, 0.717) is 25.1 Å². The SMILES string of the molecule is Cn1cnnc1Sc1ccc(NC(=O)C2CCCN(c3ncccc3C(F)(F)F)C2)cc1. The molecular formula is C21H21F3N6OS. The number of carbonyl (C=O) groups is 1. The second-order valence-corrected chi connectivity index (χ2v) is 8.54. The van der Waals surface area contributed by atoms with Crippen LogP contribution in [0.5, 0.6) is 0 Å². The van der Waals surface area contributed by atoms with Crippen molar-refractivity contribution in [1.82, 2.24) is 19.7 Å². The smallest absolute Gasteiger partial charge is 0.355 e. The monoisotopic (exact) mass is 462 g/mol. The van der Waals surface area contributed by atoms with Crippen molar-refractivity contribution < 1.29 is 18.0 Å². The molecule has 1 atom stereocenters. The van der Waals surface area contributed by atoms with Gasteiger partial charge in [-0.15, -0.1) is 10.2 Å². The van der Waals surface area contributed by atoms with Crippen LogP contribution in [0, 0.1) is 5.92 Å². The lowest BCUT2D eigenvalue weighted by Crippen LogP contribution is -2.42. The van der Waals surface area contributed by atoms with Crippen molar-refractivity contribution in [3.05, 3.63) is 54.5 Å². The molecule has 168 valence electrons. The van der Waals surface area contributed by atoms with Crippen molar-refractivity contribution >= 4 is 29.2 Å². The molecule has 1 N–H and O–H groups in total. The van der Waals surface area contributed by atoms with Gasteiger partial charge in [0.1, 0.15) is 12.1 Å². The maximum Gasteiger partial charge on any atom is 0.419 e. The molecule has 2 aromatic heterocycles. The number of halogens is 3. The molecule has 0 radical (unpaired) electrons. The fraction of sp³-hybridized carbons (Fsp3) is 0.333. The van der Waals surface area contributed by atoms with Crippen LogP contribution in [0.15, 0.2) is 59.0 Å². The van der Waals surface area contributed by atoms with E-state index in [1.807, 2.05) is 19.2 Å². The third-order valence-corrected chi connectivity index (χ3v) is 6.24. The summed E-state index contributed by atoms with van der Waals surface area (Å²) in [5, 5.41) is 11.5. The molecule has 0 saturated carbocycles. The van der Waals surface area contributed by atoms with E-state index in [9.17, 15) is 18.0 Å². The lowest BCUT2D eigenvalue weighted by atomic mass is 9.96. The summed E-state index contributed by atoms with van der Waals surface area (Å²) in [4.78, 5) is 19.3. The van der Waals surface area contributed by atoms with Crippen LogP contribution >= 0.6 is 11.8 Å². The van der Waals surface area contributed by atoms with E-state index in [2.05, 4.69) is 20.5 Å². The molecule has 1 aliphatic rings. The van der Waals surface area contributed by atoms with Gasteiger partial charge in [-0.2, -0.15) is 13.2 Å². The number of piperidine rings is 1. The zero-order chi connectivity index (χ0) is 22.7. The minimum absolute atomic E-state index is 0.123. The summed E-state index contributed by atoms with van der Waals surface area (Å²) in [6.45, 7) is 0.615. The number of aryl methyl sites for hydroxylation is 1. The van der Waals surface area contributed by atoms with Gasteiger partial charge in [0.05, 0.1) is 11.5 Å². The van der Waals surface area contributed by atoms with Crippen molar-refractivity contribution in [1.29, 1.82) is 0 Å². The maximum atomic E-state index is 13.4. The van der Waals surface area contributed by atoms with Gasteiger partial charge < -0.3 is 14.8 Å². The number of nitrogens with zero attached hydrogens (tertiary/aromatic N) is 5. The number of anilines is 2. The molecular weight excluding hydrogens is 441 g/mol. The molecule has 1 aromatic carbocycles. The van der Waals surface area contributed by atoms with E-state index in [0.717, 1.165) is 16.1 Å². The van der Waals surface area contributed by atoms with Crippen LogP contribution in [0.3, 0.4) is 0 Å². The third kappa shape index (κ3) is 5.04. The minimum atomic E-state index is -4.50. The Morgan fingerprint density at radius 1 is 1.22 bits per heavy atom. The second kappa shape index (κ2) is 9.19. The predicted molar refractivity (Wildman–Crippen MR) is 114 cm³/mol. The Bertz CT molecular complexity index is 1090. The van der Waals surface area contributed by atoms with E-state index in [1.54, 1.807) is 27.9 Å². The molecule has 3 heterocycles. The van der Waals surface area contributed by atoms with Crippen molar-refractivity contribution in [3.63, 3.8) is 0 Å². The molecule has 1 aliphatic heterocycles. The first-order valence-corrected chi connectivity index (χ1v) is 10.8. The molecule has 0 spiro atoms. The molecule has 1 unspecified atom stereocenters. The van der Waals surface area contributed by atoms with Crippen molar-refractivity contribution in [3.8, 4) is 0 Å². The first-order valence-electron chi connectivity index (χ1n) is 10.0. The van der Waals surface area contributed by atoms with Gasteiger partial charge in [-0.3, -0.25) is 4.79 Å². The van der Waals surface area contributed by atoms with Gasteiger partial charge in [-0.05, 0) is 61.0 Å². The van der Waals surface area contributed by atoms with Gasteiger partial charge in [0.25, 0.3) is 0 Å². The summed E-state index contributed by atoms with van der Waals surface area (Å²) >= 11 is 1.45. The third-order valence-electron chi connectivity index (χ3n) is 5.18. The zero-order valence-electron chi connectivity index (χ0n) is 17.2. The van der Waals surface area contributed by atoms with Gasteiger partial charge >= 0.3 is 6.18 Å². The molecule has 1 fully saturated rings. The van der Waals surface area contributed by atoms with Gasteiger partial charge in [0.2, 0.25) is 5.91 Å². The fourth-order valence-electron chi connectivity index (χ4n) is 3.57. The maximum absolute atomic E-state index is 13.4. The van der Waals surface area contributed by atoms with Crippen molar-refractivity contribution in [2.24, 2.45) is 13.0 Å². The molecule has 7 nitrogen and oxygen atoms in total. The largest absolute Gasteiger partial charge is 0.419 e. The molecule has 1 saturated heterocycles. The predicted octanol–water partition coefficient (Wildman–Crippen LogP) is 4.24. The summed E-state index contributed by atoms with van der Waals surface area (Å²) in [7, 11) is 1.85. The molecule has 1 amide bonds. The summed E-state index contributed by atoms with van der Waals surface area (Å²) in [5.74, 6) is -0.768. The Hall–Kier alpha value is -3.08. The van der Waals surface area contributed by atoms with Gasteiger partial charge in [0, 0.05) is 36.9 Å². The van der Waals surface area contributed by atoms with Crippen LogP contribution in [-0.2, 0) is 18.0 Å². The zero-order valence-corrected chi connectivity index (χ0v) is 18.0. The lowest BCUT2D eigenvalue weighted by Gasteiger charge is -2.34. The Morgan fingerprint density at radius 2 is 2.00 bits per heavy atom. The second-order valence-electron chi connectivity index (χ2n) is 7.50. The van der Waals surface area contributed by atoms with Gasteiger partial charge in [0.15, 0.2) is 5.16 Å². The Kier molecular flexibility index (Phi) is 6.35. The molecule has 3 aromatic rings. The number of alkyl halides is 3. The Labute approximate surface area is 187 Å². The fourth-order valence-corrected chi connectivity index (χ4v) is 4.34. The van der Waals surface area contributed by atoms with Crippen LogP contribution in [0.4, 0.5) is 24.7 Å². The average Bonchev–Trinajstić information content (AvgIpc) is 3.19. The summed E-state index contributed by atoms with van der Waals surface area (Å²) in [6.07, 6.45) is -0.318. The number of pyridine rings is 1. The van der Waals surface area contributed by atoms with E-state index in [4.69, 9.17) is 0 Å². The highest BCUT2D eigenvalue weighted by Crippen LogP contribution is 2.36. The van der Waals surface area contributed by atoms with Crippen LogP contribution in [0.2, 0.25) is 0 Å². The summed E-state index contributed by atoms with van der Waals surface area (Å²) < 4.78 is 41.9. The lowest BCUT2D eigenvalue weighted by molar-refractivity contribution is -0.137. The molecule has 32 heavy (non-hydrogen) atoms. The standard InChI is InChI=1S/C21H21F3N6OS/c1-29-13-26-28-20(29)32-16-8-6-15(7-9-16)27-19(31)14-4-3-11-30(12-14)18-17(21(22,23)24)5-2-10-25-18/h2,5-10,13-14H,3-4,11-12H2,1H3,(H,27,31). The number of carbonyl (C=O) groups excluding carboxylic acids is 1. The summed E-state index contributed by atoms with van der Waals surface area (Å²) in [5.41, 5.74) is -0.152. The van der Waals surface area contributed by atoms with Crippen LogP contribution < -0.4 is 10.2 Å². The van der Waals surface area contributed by atoms with E-state index >= 15 is 0 Å².